The van der Waals surface area contributed by atoms with Crippen molar-refractivity contribution in [2.75, 3.05) is 20.2 Å². The van der Waals surface area contributed by atoms with Gasteiger partial charge >= 0.3 is 11.9 Å². The number of unbranched alkanes of at least 4 members (excludes halogenated alkanes) is 1. The second-order valence-corrected chi connectivity index (χ2v) is 12.7. The quantitative estimate of drug-likeness (QED) is 0.100. The summed E-state index contributed by atoms with van der Waals surface area (Å²) in [6, 6.07) is 11.5. The summed E-state index contributed by atoms with van der Waals surface area (Å²) in [5, 5.41) is 13.4. The lowest BCUT2D eigenvalue weighted by atomic mass is 9.99. The van der Waals surface area contributed by atoms with E-state index in [9.17, 15) is 14.4 Å². The normalized spacial score (nSPS) is 13.3. The molecule has 48 heavy (non-hydrogen) atoms. The summed E-state index contributed by atoms with van der Waals surface area (Å²) in [5.74, 6) is 5.89. The molecule has 0 aliphatic carbocycles. The Labute approximate surface area is 287 Å². The predicted molar refractivity (Wildman–Crippen MR) is 184 cm³/mol. The number of carbonyl (C=O) groups is 3. The Kier molecular flexibility index (Phi) is 11.1. The maximum absolute atomic E-state index is 13.2. The number of benzene rings is 2. The van der Waals surface area contributed by atoms with Crippen molar-refractivity contribution in [1.82, 2.24) is 20.1 Å². The second kappa shape index (κ2) is 15.4. The van der Waals surface area contributed by atoms with Crippen LogP contribution in [0.2, 0.25) is 5.02 Å². The molecule has 0 saturated heterocycles. The van der Waals surface area contributed by atoms with Gasteiger partial charge in [0.2, 0.25) is 5.91 Å². The first-order chi connectivity index (χ1) is 23.1. The Bertz CT molecular complexity index is 1950. The molecule has 0 fully saturated rings. The van der Waals surface area contributed by atoms with Crippen LogP contribution in [0.1, 0.15) is 80.9 Å². The highest BCUT2D eigenvalue weighted by Crippen LogP contribution is 2.39. The molecule has 5 rings (SSSR count). The van der Waals surface area contributed by atoms with Crippen molar-refractivity contribution in [3.63, 3.8) is 0 Å². The van der Waals surface area contributed by atoms with Crippen molar-refractivity contribution < 1.29 is 23.9 Å². The number of rotatable bonds is 10. The molecule has 0 bridgehead atoms. The molecule has 1 aliphatic heterocycles. The minimum absolute atomic E-state index is 0.0706. The van der Waals surface area contributed by atoms with Gasteiger partial charge in [0.15, 0.2) is 5.82 Å². The van der Waals surface area contributed by atoms with Crippen LogP contribution in [0.15, 0.2) is 47.5 Å². The number of amides is 1. The first-order valence-corrected chi connectivity index (χ1v) is 16.6. The molecule has 2 aromatic heterocycles. The van der Waals surface area contributed by atoms with Crippen LogP contribution in [0.3, 0.4) is 0 Å². The van der Waals surface area contributed by atoms with Gasteiger partial charge in [-0.2, -0.15) is 0 Å². The number of aryl methyl sites for hydroxylation is 2. The van der Waals surface area contributed by atoms with E-state index in [1.54, 1.807) is 11.3 Å². The molecule has 3 N–H and O–H groups in total. The number of halogens is 1. The van der Waals surface area contributed by atoms with E-state index in [0.717, 1.165) is 33.2 Å². The molecule has 2 aromatic carbocycles. The third-order valence-corrected chi connectivity index (χ3v) is 9.26. The lowest BCUT2D eigenvalue weighted by Crippen LogP contribution is -2.26. The van der Waals surface area contributed by atoms with E-state index in [1.807, 2.05) is 35.8 Å². The topological polar surface area (TPSA) is 151 Å². The molecule has 1 amide bonds. The first kappa shape index (κ1) is 34.5. The predicted octanol–water partition coefficient (Wildman–Crippen LogP) is 5.18. The zero-order chi connectivity index (χ0) is 34.4. The zero-order valence-electron chi connectivity index (χ0n) is 27.1. The second-order valence-electron chi connectivity index (χ2n) is 11.1. The molecule has 13 heteroatoms. The molecule has 0 unspecified atom stereocenters. The molecule has 248 valence electrons. The molecular weight excluding hydrogens is 652 g/mol. The average Bonchev–Trinajstić information content (AvgIpc) is 3.55. The van der Waals surface area contributed by atoms with E-state index in [1.165, 1.54) is 30.2 Å². The molecule has 1 aliphatic rings. The number of ether oxygens (including phenoxy) is 2. The smallest absolute Gasteiger partial charge is 0.339 e. The zero-order valence-corrected chi connectivity index (χ0v) is 28.6. The largest absolute Gasteiger partial charge is 0.465 e. The molecule has 0 radical (unpaired) electrons. The maximum atomic E-state index is 13.2. The van der Waals surface area contributed by atoms with Crippen LogP contribution in [0.4, 0.5) is 0 Å². The van der Waals surface area contributed by atoms with Crippen molar-refractivity contribution in [3.05, 3.63) is 91.8 Å². The van der Waals surface area contributed by atoms with Gasteiger partial charge in [-0.3, -0.25) is 19.1 Å². The summed E-state index contributed by atoms with van der Waals surface area (Å²) in [7, 11) is 1.28. The van der Waals surface area contributed by atoms with Crippen molar-refractivity contribution in [2.24, 2.45) is 10.7 Å². The Morgan fingerprint density at radius 3 is 2.58 bits per heavy atom. The van der Waals surface area contributed by atoms with E-state index < -0.39 is 18.0 Å². The van der Waals surface area contributed by atoms with Crippen LogP contribution >= 0.6 is 22.9 Å². The number of thiophene rings is 1. The number of nitrogens with one attached hydrogen (secondary N) is 1. The third kappa shape index (κ3) is 7.65. The van der Waals surface area contributed by atoms with E-state index in [-0.39, 0.29) is 36.6 Å². The lowest BCUT2D eigenvalue weighted by Gasteiger charge is -2.13. The SMILES string of the molecule is COC(=O)c1ccc(OC(=O)CCCCNC(=O)C[C@@H]2N=C(c3ccc(Cl)cc3)c3c(sc(C)c3C)-n3c(C)nnc32)cc1C#CCN. The Morgan fingerprint density at radius 1 is 1.08 bits per heavy atom. The lowest BCUT2D eigenvalue weighted by molar-refractivity contribution is -0.134. The molecule has 0 saturated carbocycles. The fraction of sp³-hybridized carbons (Fsp3) is 0.314. The van der Waals surface area contributed by atoms with Gasteiger partial charge < -0.3 is 20.5 Å². The van der Waals surface area contributed by atoms with E-state index in [2.05, 4.69) is 41.2 Å². The number of aromatic nitrogens is 3. The number of hydrogen-bond donors (Lipinski definition) is 2. The van der Waals surface area contributed by atoms with Crippen LogP contribution < -0.4 is 15.8 Å². The van der Waals surface area contributed by atoms with Gasteiger partial charge in [0, 0.05) is 39.6 Å². The molecule has 11 nitrogen and oxygen atoms in total. The molecular formula is C35H35ClN6O5S. The van der Waals surface area contributed by atoms with Gasteiger partial charge in [0.1, 0.15) is 22.6 Å². The highest BCUT2D eigenvalue weighted by atomic mass is 35.5. The number of carbonyl (C=O) groups excluding carboxylic acids is 3. The summed E-state index contributed by atoms with van der Waals surface area (Å²) in [5.41, 5.74) is 9.86. The van der Waals surface area contributed by atoms with Gasteiger partial charge in [0.25, 0.3) is 0 Å². The molecule has 3 heterocycles. The third-order valence-electron chi connectivity index (χ3n) is 7.82. The van der Waals surface area contributed by atoms with Gasteiger partial charge in [-0.05, 0) is 69.5 Å². The number of esters is 2. The van der Waals surface area contributed by atoms with Gasteiger partial charge in [-0.25, -0.2) is 4.79 Å². The average molecular weight is 687 g/mol. The van der Waals surface area contributed by atoms with E-state index >= 15 is 0 Å². The standard InChI is InChI=1S/C35H35ClN6O5S/c1-20-21(2)48-34-31(20)32(23-10-12-25(36)13-11-23)39-28(33-41-40-22(3)42(33)34)19-29(43)38-17-6-5-9-30(44)47-26-14-15-27(35(45)46-4)24(18-26)8-7-16-37/h10-15,18,28H,5-6,9,16-17,19,37H2,1-4H3,(H,38,43)/t28-/m0/s1. The van der Waals surface area contributed by atoms with Crippen LogP contribution in [0, 0.1) is 32.6 Å². The highest BCUT2D eigenvalue weighted by Gasteiger charge is 2.32. The number of methoxy groups -OCH3 is 1. The summed E-state index contributed by atoms with van der Waals surface area (Å²) < 4.78 is 12.2. The summed E-state index contributed by atoms with van der Waals surface area (Å²) in [4.78, 5) is 44.0. The van der Waals surface area contributed by atoms with Gasteiger partial charge in [-0.1, -0.05) is 35.6 Å². The highest BCUT2D eigenvalue weighted by molar-refractivity contribution is 7.15. The summed E-state index contributed by atoms with van der Waals surface area (Å²) in [6.07, 6.45) is 1.26. The molecule has 0 spiro atoms. The monoisotopic (exact) mass is 686 g/mol. The van der Waals surface area contributed by atoms with E-state index in [4.69, 9.17) is 31.8 Å². The van der Waals surface area contributed by atoms with Crippen molar-refractivity contribution in [2.45, 2.75) is 52.5 Å². The van der Waals surface area contributed by atoms with Crippen molar-refractivity contribution in [3.8, 4) is 22.6 Å². The summed E-state index contributed by atoms with van der Waals surface area (Å²) >= 11 is 7.85. The van der Waals surface area contributed by atoms with Gasteiger partial charge in [0.05, 0.1) is 31.4 Å². The van der Waals surface area contributed by atoms with E-state index in [0.29, 0.717) is 35.8 Å². The summed E-state index contributed by atoms with van der Waals surface area (Å²) in [6.45, 7) is 6.53. The Hall–Kier alpha value is -4.83. The van der Waals surface area contributed by atoms with Crippen LogP contribution in [-0.4, -0.2) is 58.5 Å². The minimum atomic E-state index is -0.573. The number of aliphatic imine (C=N–C) groups is 1. The van der Waals surface area contributed by atoms with Crippen molar-refractivity contribution in [1.29, 1.82) is 0 Å². The molecule has 1 atom stereocenters. The number of fused-ring (bicyclic) bond motifs is 3. The maximum Gasteiger partial charge on any atom is 0.339 e. The van der Waals surface area contributed by atoms with Crippen LogP contribution in [0.25, 0.3) is 5.00 Å². The Balaban J connectivity index is 1.21. The van der Waals surface area contributed by atoms with Gasteiger partial charge in [-0.15, -0.1) is 21.5 Å². The molecule has 4 aromatic rings. The van der Waals surface area contributed by atoms with Crippen LogP contribution in [-0.2, 0) is 14.3 Å². The minimum Gasteiger partial charge on any atom is -0.465 e. The fourth-order valence-corrected chi connectivity index (χ4v) is 6.65. The van der Waals surface area contributed by atoms with Crippen molar-refractivity contribution >= 4 is 46.5 Å². The van der Waals surface area contributed by atoms with Crippen LogP contribution in [0.5, 0.6) is 5.75 Å². The first-order valence-electron chi connectivity index (χ1n) is 15.4. The number of hydrogen-bond acceptors (Lipinski definition) is 10. The number of nitrogens with zero attached hydrogens (tertiary/aromatic N) is 4. The number of nitrogens with two attached hydrogens (primary N) is 1. The Morgan fingerprint density at radius 2 is 1.85 bits per heavy atom. The fourth-order valence-electron chi connectivity index (χ4n) is 5.31.